The van der Waals surface area contributed by atoms with Crippen LogP contribution in [0.4, 0.5) is 16.6 Å². The molecule has 3 aromatic carbocycles. The van der Waals surface area contributed by atoms with E-state index < -0.39 is 5.92 Å². The van der Waals surface area contributed by atoms with Crippen LogP contribution in [0.3, 0.4) is 0 Å². The highest BCUT2D eigenvalue weighted by Crippen LogP contribution is 2.60. The van der Waals surface area contributed by atoms with Gasteiger partial charge in [0, 0.05) is 73.8 Å². The molecule has 0 spiro atoms. The topological polar surface area (TPSA) is 198 Å². The highest BCUT2D eigenvalue weighted by molar-refractivity contribution is 7.22. The summed E-state index contributed by atoms with van der Waals surface area (Å²) in [5.74, 6) is 0.758. The van der Waals surface area contributed by atoms with Crippen LogP contribution in [0.15, 0.2) is 79.0 Å². The van der Waals surface area contributed by atoms with Gasteiger partial charge in [0.25, 0.3) is 11.8 Å². The van der Waals surface area contributed by atoms with E-state index in [4.69, 9.17) is 15.1 Å². The standard InChI is InChI=1S/C57H61N11O5S/c1-33-42(30-59-68(33)32-57-27-34-24-35(28-57)26-36(25-34)29-57)38-17-19-47(63-53(71)39-11-8-10-37-21-23-67(31-43(37)39)56-61-44-13-5-6-15-46(44)74-56)62-51(38)55(73)58-22-7-3-4-16-48(69)60-45-14-9-12-40-50(65-66(2)52(40)45)41-18-20-49(70)64-54(41)72/h5-6,8-15,17,19,30,34-36,41H,3-4,7,16,18,20-29,31-32H2,1-2H3,(H,58,73)(H,60,69)(H,62,63,71)(H,64,70,72). The van der Waals surface area contributed by atoms with Crippen LogP contribution in [-0.4, -0.2) is 72.2 Å². The molecule has 4 aliphatic carbocycles. The molecule has 6 heterocycles. The number of benzene rings is 3. The molecule has 1 saturated heterocycles. The summed E-state index contributed by atoms with van der Waals surface area (Å²) in [4.78, 5) is 78.5. The summed E-state index contributed by atoms with van der Waals surface area (Å²) in [6, 6.07) is 23.2. The van der Waals surface area contributed by atoms with Crippen molar-refractivity contribution < 1.29 is 24.0 Å². The van der Waals surface area contributed by atoms with Gasteiger partial charge in [0.2, 0.25) is 17.7 Å². The zero-order valence-corrected chi connectivity index (χ0v) is 42.7. The largest absolute Gasteiger partial charge is 0.351 e. The number of rotatable bonds is 15. The zero-order chi connectivity index (χ0) is 50.7. The summed E-state index contributed by atoms with van der Waals surface area (Å²) in [7, 11) is 1.78. The number of thiazole rings is 1. The van der Waals surface area contributed by atoms with Crippen molar-refractivity contribution in [3.05, 3.63) is 113 Å². The van der Waals surface area contributed by atoms with E-state index in [-0.39, 0.29) is 59.3 Å². The molecule has 1 unspecified atom stereocenters. The van der Waals surface area contributed by atoms with Gasteiger partial charge in [-0.3, -0.25) is 38.7 Å². The van der Waals surface area contributed by atoms with E-state index in [9.17, 15) is 24.0 Å². The normalized spacial score (nSPS) is 22.0. The first-order valence-electron chi connectivity index (χ1n) is 26.4. The maximum Gasteiger partial charge on any atom is 0.270 e. The number of hydrogen-bond donors (Lipinski definition) is 4. The SMILES string of the molecule is Cc1c(-c2ccc(NC(=O)c3cccc4c3CN(c3nc5ccccc5s3)CC4)nc2C(=O)NCCCCCC(=O)Nc2cccc3c(C4CCC(=O)NC4=O)nn(C)c23)cnn1CC12CC3CC(CC(C3)C1)C2. The fraction of sp³-hybridized carbons (Fsp3) is 0.421. The monoisotopic (exact) mass is 1010 g/mol. The Kier molecular flexibility index (Phi) is 12.6. The van der Waals surface area contributed by atoms with Crippen molar-refractivity contribution in [1.82, 2.24) is 40.2 Å². The van der Waals surface area contributed by atoms with Gasteiger partial charge in [-0.1, -0.05) is 54.2 Å². The van der Waals surface area contributed by atoms with Crippen LogP contribution in [0.25, 0.3) is 32.2 Å². The molecule has 2 aliphatic heterocycles. The van der Waals surface area contributed by atoms with Gasteiger partial charge in [0.05, 0.1) is 39.2 Å². The van der Waals surface area contributed by atoms with Gasteiger partial charge in [0.1, 0.15) is 11.5 Å². The number of nitrogens with one attached hydrogen (secondary N) is 4. The highest BCUT2D eigenvalue weighted by atomic mass is 32.1. The molecule has 4 aromatic heterocycles. The lowest BCUT2D eigenvalue weighted by Crippen LogP contribution is -2.48. The number of pyridine rings is 1. The zero-order valence-electron chi connectivity index (χ0n) is 41.9. The molecular weight excluding hydrogens is 951 g/mol. The minimum absolute atomic E-state index is 0.154. The number of piperidine rings is 1. The fourth-order valence-corrected chi connectivity index (χ4v) is 14.5. The molecule has 17 heteroatoms. The summed E-state index contributed by atoms with van der Waals surface area (Å²) < 4.78 is 4.95. The quantitative estimate of drug-likeness (QED) is 0.0567. The number of aromatic nitrogens is 6. The predicted molar refractivity (Wildman–Crippen MR) is 285 cm³/mol. The van der Waals surface area contributed by atoms with E-state index in [0.717, 1.165) is 80.4 Å². The third-order valence-electron chi connectivity index (χ3n) is 16.6. The Balaban J connectivity index is 0.728. The summed E-state index contributed by atoms with van der Waals surface area (Å²) in [5.41, 5.74) is 8.48. The number of para-hydroxylation sites is 2. The van der Waals surface area contributed by atoms with E-state index in [0.29, 0.717) is 66.8 Å². The Morgan fingerprint density at radius 2 is 1.64 bits per heavy atom. The van der Waals surface area contributed by atoms with E-state index >= 15 is 0 Å². The van der Waals surface area contributed by atoms with Crippen LogP contribution >= 0.6 is 11.3 Å². The van der Waals surface area contributed by atoms with Gasteiger partial charge in [0.15, 0.2) is 5.13 Å². The molecule has 4 N–H and O–H groups in total. The Morgan fingerprint density at radius 3 is 2.43 bits per heavy atom. The smallest absolute Gasteiger partial charge is 0.270 e. The van der Waals surface area contributed by atoms with Crippen molar-refractivity contribution >= 4 is 78.6 Å². The van der Waals surface area contributed by atoms with Crippen molar-refractivity contribution in [1.29, 1.82) is 0 Å². The number of carbonyl (C=O) groups is 5. The van der Waals surface area contributed by atoms with Crippen LogP contribution in [0.1, 0.15) is 126 Å². The van der Waals surface area contributed by atoms with Gasteiger partial charge in [-0.15, -0.1) is 0 Å². The van der Waals surface area contributed by atoms with Crippen molar-refractivity contribution in [2.24, 2.45) is 30.2 Å². The van der Waals surface area contributed by atoms with Crippen LogP contribution in [-0.2, 0) is 40.9 Å². The average molecular weight is 1010 g/mol. The molecule has 13 rings (SSSR count). The van der Waals surface area contributed by atoms with Gasteiger partial charge in [-0.2, -0.15) is 10.2 Å². The third kappa shape index (κ3) is 9.23. The fourth-order valence-electron chi connectivity index (χ4n) is 13.5. The lowest BCUT2D eigenvalue weighted by molar-refractivity contribution is -0.134. The van der Waals surface area contributed by atoms with Crippen LogP contribution in [0.5, 0.6) is 0 Å². The molecule has 74 heavy (non-hydrogen) atoms. The lowest BCUT2D eigenvalue weighted by atomic mass is 9.49. The minimum atomic E-state index is -0.548. The third-order valence-corrected chi connectivity index (χ3v) is 17.7. The second-order valence-electron chi connectivity index (χ2n) is 21.7. The van der Waals surface area contributed by atoms with Gasteiger partial charge >= 0.3 is 0 Å². The number of carbonyl (C=O) groups excluding carboxylic acids is 5. The molecule has 5 fully saturated rings. The van der Waals surface area contributed by atoms with E-state index in [2.05, 4.69) is 55.0 Å². The van der Waals surface area contributed by atoms with Crippen LogP contribution < -0.4 is 26.2 Å². The van der Waals surface area contributed by atoms with Crippen LogP contribution in [0, 0.1) is 30.1 Å². The molecular formula is C57H61N11O5S. The van der Waals surface area contributed by atoms with Crippen molar-refractivity contribution in [3.63, 3.8) is 0 Å². The van der Waals surface area contributed by atoms with Gasteiger partial charge in [-0.25, -0.2) is 9.97 Å². The molecule has 6 aliphatic rings. The first-order chi connectivity index (χ1) is 35.9. The second kappa shape index (κ2) is 19.5. The number of unbranched alkanes of at least 4 members (excludes halogenated alkanes) is 2. The summed E-state index contributed by atoms with van der Waals surface area (Å²) in [6.07, 6.45) is 13.4. The molecule has 16 nitrogen and oxygen atoms in total. The minimum Gasteiger partial charge on any atom is -0.351 e. The molecule has 380 valence electrons. The summed E-state index contributed by atoms with van der Waals surface area (Å²) in [5, 5.41) is 22.9. The second-order valence-corrected chi connectivity index (χ2v) is 22.7. The van der Waals surface area contributed by atoms with Crippen molar-refractivity contribution in [3.8, 4) is 11.1 Å². The summed E-state index contributed by atoms with van der Waals surface area (Å²) in [6.45, 7) is 4.68. The number of anilines is 3. The van der Waals surface area contributed by atoms with Crippen molar-refractivity contribution in [2.75, 3.05) is 28.6 Å². The van der Waals surface area contributed by atoms with Crippen molar-refractivity contribution in [2.45, 2.75) is 109 Å². The molecule has 1 atom stereocenters. The molecule has 4 saturated carbocycles. The predicted octanol–water partition coefficient (Wildman–Crippen LogP) is 9.23. The molecule has 0 radical (unpaired) electrons. The number of hydrogen-bond acceptors (Lipinski definition) is 11. The highest BCUT2D eigenvalue weighted by Gasteiger charge is 2.51. The average Bonchev–Trinajstić information content (AvgIpc) is 4.08. The summed E-state index contributed by atoms with van der Waals surface area (Å²) >= 11 is 1.66. The number of aryl methyl sites for hydroxylation is 1. The Morgan fingerprint density at radius 1 is 0.838 bits per heavy atom. The number of fused-ring (bicyclic) bond motifs is 3. The number of imide groups is 1. The number of nitrogens with zero attached hydrogens (tertiary/aromatic N) is 7. The van der Waals surface area contributed by atoms with Crippen LogP contribution in [0.2, 0.25) is 0 Å². The van der Waals surface area contributed by atoms with Gasteiger partial charge in [-0.05, 0) is 142 Å². The van der Waals surface area contributed by atoms with E-state index in [1.54, 1.807) is 29.1 Å². The Bertz CT molecular complexity index is 3320. The first kappa shape index (κ1) is 47.7. The maximum absolute atomic E-state index is 14.4. The molecule has 4 bridgehead atoms. The van der Waals surface area contributed by atoms with Gasteiger partial charge < -0.3 is 20.9 Å². The first-order valence-corrected chi connectivity index (χ1v) is 27.2. The maximum atomic E-state index is 14.4. The van der Waals surface area contributed by atoms with E-state index in [1.807, 2.05) is 60.8 Å². The molecule has 7 aromatic rings. The Hall–Kier alpha value is -7.27. The lowest BCUT2D eigenvalue weighted by Gasteiger charge is -2.56. The Labute approximate surface area is 433 Å². The van der Waals surface area contributed by atoms with E-state index in [1.165, 1.54) is 38.5 Å². The number of amides is 5. The molecule has 5 amide bonds.